The van der Waals surface area contributed by atoms with Gasteiger partial charge in [0.15, 0.2) is 0 Å². The molecule has 2 aliphatic heterocycles. The Bertz CT molecular complexity index is 299. The fourth-order valence-electron chi connectivity index (χ4n) is 2.07. The third kappa shape index (κ3) is 3.76. The topological polar surface area (TPSA) is 52.7 Å². The molecule has 6 heteroatoms. The maximum Gasteiger partial charge on any atom is 0.235 e. The first-order chi connectivity index (χ1) is 8.15. The Morgan fingerprint density at radius 2 is 1.94 bits per heavy atom. The van der Waals surface area contributed by atoms with E-state index in [4.69, 9.17) is 0 Å². The van der Waals surface area contributed by atoms with Gasteiger partial charge in [-0.2, -0.15) is 0 Å². The van der Waals surface area contributed by atoms with Crippen LogP contribution in [-0.4, -0.2) is 77.7 Å². The second-order valence-electron chi connectivity index (χ2n) is 4.96. The first kappa shape index (κ1) is 13.0. The molecule has 1 amide bonds. The zero-order valence-corrected chi connectivity index (χ0v) is 11.2. The molecule has 0 saturated carbocycles. The van der Waals surface area contributed by atoms with E-state index in [-0.39, 0.29) is 11.7 Å². The second-order valence-corrected chi connectivity index (χ2v) is 6.46. The second kappa shape index (κ2) is 5.93. The predicted octanol–water partition coefficient (Wildman–Crippen LogP) is -1.27. The zero-order valence-electron chi connectivity index (χ0n) is 10.4. The molecule has 1 unspecified atom stereocenters. The van der Waals surface area contributed by atoms with Gasteiger partial charge in [0.05, 0.1) is 0 Å². The van der Waals surface area contributed by atoms with Crippen LogP contribution in [0, 0.1) is 5.92 Å². The van der Waals surface area contributed by atoms with Gasteiger partial charge in [-0.3, -0.25) is 9.00 Å². The highest BCUT2D eigenvalue weighted by atomic mass is 32.2. The third-order valence-electron chi connectivity index (χ3n) is 3.43. The van der Waals surface area contributed by atoms with Crippen LogP contribution < -0.4 is 5.32 Å². The summed E-state index contributed by atoms with van der Waals surface area (Å²) >= 11 is 0. The minimum atomic E-state index is -0.984. The van der Waals surface area contributed by atoms with Gasteiger partial charge in [0, 0.05) is 55.8 Å². The molecule has 0 radical (unpaired) electrons. The van der Waals surface area contributed by atoms with Crippen LogP contribution in [0.4, 0.5) is 0 Å². The number of hydrogen-bond donors (Lipinski definition) is 1. The maximum absolute atomic E-state index is 11.9. The van der Waals surface area contributed by atoms with E-state index in [2.05, 4.69) is 17.3 Å². The summed E-state index contributed by atoms with van der Waals surface area (Å²) in [5.74, 6) is 1.45. The molecule has 2 rings (SSSR count). The highest BCUT2D eigenvalue weighted by Crippen LogP contribution is 2.06. The summed E-state index contributed by atoms with van der Waals surface area (Å²) in [4.78, 5) is 16.0. The Balaban J connectivity index is 1.70. The van der Waals surface area contributed by atoms with Gasteiger partial charge in [-0.15, -0.1) is 0 Å². The minimum Gasteiger partial charge on any atom is -0.339 e. The molecule has 2 aliphatic rings. The lowest BCUT2D eigenvalue weighted by Crippen LogP contribution is -2.49. The average molecular weight is 259 g/mol. The van der Waals surface area contributed by atoms with Crippen LogP contribution in [-0.2, 0) is 15.6 Å². The molecule has 5 nitrogen and oxygen atoms in total. The van der Waals surface area contributed by atoms with E-state index >= 15 is 0 Å². The van der Waals surface area contributed by atoms with E-state index in [1.807, 2.05) is 4.90 Å². The van der Waals surface area contributed by atoms with Gasteiger partial charge in [-0.1, -0.05) is 0 Å². The Morgan fingerprint density at radius 3 is 2.47 bits per heavy atom. The van der Waals surface area contributed by atoms with Crippen LogP contribution in [0.25, 0.3) is 0 Å². The van der Waals surface area contributed by atoms with E-state index in [0.29, 0.717) is 11.7 Å². The fraction of sp³-hybridized carbons (Fsp3) is 0.909. The smallest absolute Gasteiger partial charge is 0.235 e. The molecular weight excluding hydrogens is 238 g/mol. The van der Waals surface area contributed by atoms with Crippen molar-refractivity contribution >= 4 is 16.7 Å². The quantitative estimate of drug-likeness (QED) is 0.684. The molecule has 0 aliphatic carbocycles. The maximum atomic E-state index is 11.9. The number of nitrogens with zero attached hydrogens (tertiary/aromatic N) is 2. The lowest BCUT2D eigenvalue weighted by atomic mass is 10.1. The van der Waals surface area contributed by atoms with Crippen LogP contribution >= 0.6 is 0 Å². The predicted molar refractivity (Wildman–Crippen MR) is 68.3 cm³/mol. The normalized spacial score (nSPS) is 24.4. The lowest BCUT2D eigenvalue weighted by Gasteiger charge is -2.32. The summed E-state index contributed by atoms with van der Waals surface area (Å²) < 4.78 is 11.8. The Morgan fingerprint density at radius 1 is 1.29 bits per heavy atom. The summed E-state index contributed by atoms with van der Waals surface area (Å²) in [7, 11) is 1.08. The van der Waals surface area contributed by atoms with E-state index in [1.54, 1.807) is 0 Å². The summed E-state index contributed by atoms with van der Waals surface area (Å²) in [5.41, 5.74) is 0. The van der Waals surface area contributed by atoms with E-state index in [0.717, 1.165) is 39.3 Å². The van der Waals surface area contributed by atoms with E-state index < -0.39 is 10.8 Å². The van der Waals surface area contributed by atoms with Crippen molar-refractivity contribution in [3.05, 3.63) is 0 Å². The first-order valence-corrected chi connectivity index (χ1v) is 7.66. The molecule has 2 heterocycles. The van der Waals surface area contributed by atoms with Crippen LogP contribution in [0.15, 0.2) is 0 Å². The first-order valence-electron chi connectivity index (χ1n) is 6.17. The molecule has 1 atom stereocenters. The molecule has 0 aromatic carbocycles. The molecule has 0 aromatic heterocycles. The van der Waals surface area contributed by atoms with Crippen LogP contribution in [0.1, 0.15) is 0 Å². The molecule has 1 N–H and O–H groups in total. The van der Waals surface area contributed by atoms with E-state index in [9.17, 15) is 9.00 Å². The van der Waals surface area contributed by atoms with Crippen LogP contribution in [0.2, 0.25) is 0 Å². The lowest BCUT2D eigenvalue weighted by molar-refractivity contribution is -0.129. The number of piperazine rings is 1. The molecule has 2 fully saturated rings. The number of carbonyl (C=O) groups excluding carboxylic acids is 1. The average Bonchev–Trinajstić information content (AvgIpc) is 2.24. The standard InChI is InChI=1S/C11H21N3O2S/c1-13-2-4-14(5-3-13)11(15)9-17(16)8-10-6-12-7-10/h10,12H,2-9H2,1H3. The van der Waals surface area contributed by atoms with Crippen molar-refractivity contribution in [2.45, 2.75) is 0 Å². The van der Waals surface area contributed by atoms with Crippen molar-refractivity contribution in [1.29, 1.82) is 0 Å². The number of likely N-dealkylation sites (N-methyl/N-ethyl adjacent to an activating group) is 1. The van der Waals surface area contributed by atoms with Gasteiger partial charge in [0.2, 0.25) is 5.91 Å². The summed E-state index contributed by atoms with van der Waals surface area (Å²) in [5, 5.41) is 3.15. The number of hydrogen-bond acceptors (Lipinski definition) is 4. The van der Waals surface area contributed by atoms with Gasteiger partial charge in [-0.25, -0.2) is 0 Å². The van der Waals surface area contributed by atoms with Crippen molar-refractivity contribution in [2.75, 3.05) is 57.8 Å². The minimum absolute atomic E-state index is 0.0590. The van der Waals surface area contributed by atoms with Crippen molar-refractivity contribution in [1.82, 2.24) is 15.1 Å². The molecule has 17 heavy (non-hydrogen) atoms. The van der Waals surface area contributed by atoms with Crippen LogP contribution in [0.5, 0.6) is 0 Å². The number of carbonyl (C=O) groups is 1. The fourth-order valence-corrected chi connectivity index (χ4v) is 3.41. The van der Waals surface area contributed by atoms with Gasteiger partial charge in [-0.05, 0) is 13.0 Å². The van der Waals surface area contributed by atoms with Crippen molar-refractivity contribution in [3.63, 3.8) is 0 Å². The number of nitrogens with one attached hydrogen (secondary N) is 1. The van der Waals surface area contributed by atoms with Crippen LogP contribution in [0.3, 0.4) is 0 Å². The third-order valence-corrected chi connectivity index (χ3v) is 4.84. The van der Waals surface area contributed by atoms with Gasteiger partial charge < -0.3 is 15.1 Å². The number of rotatable bonds is 4. The largest absolute Gasteiger partial charge is 0.339 e. The molecule has 98 valence electrons. The molecular formula is C11H21N3O2S. The van der Waals surface area contributed by atoms with Crippen molar-refractivity contribution in [3.8, 4) is 0 Å². The number of amides is 1. The molecule has 0 spiro atoms. The molecule has 0 bridgehead atoms. The van der Waals surface area contributed by atoms with Gasteiger partial charge in [0.1, 0.15) is 5.75 Å². The summed E-state index contributed by atoms with van der Waals surface area (Å²) in [6.45, 7) is 5.30. The van der Waals surface area contributed by atoms with Gasteiger partial charge >= 0.3 is 0 Å². The highest BCUT2D eigenvalue weighted by molar-refractivity contribution is 7.85. The van der Waals surface area contributed by atoms with Crippen molar-refractivity contribution < 1.29 is 9.00 Å². The zero-order chi connectivity index (χ0) is 12.3. The van der Waals surface area contributed by atoms with Crippen molar-refractivity contribution in [2.24, 2.45) is 5.92 Å². The Kier molecular flexibility index (Phi) is 4.53. The highest BCUT2D eigenvalue weighted by Gasteiger charge is 2.24. The van der Waals surface area contributed by atoms with Gasteiger partial charge in [0.25, 0.3) is 0 Å². The van der Waals surface area contributed by atoms with E-state index in [1.165, 1.54) is 0 Å². The molecule has 2 saturated heterocycles. The Hall–Kier alpha value is -0.460. The summed E-state index contributed by atoms with van der Waals surface area (Å²) in [6.07, 6.45) is 0. The Labute approximate surface area is 105 Å². The monoisotopic (exact) mass is 259 g/mol. The molecule has 0 aromatic rings. The summed E-state index contributed by atoms with van der Waals surface area (Å²) in [6, 6.07) is 0. The SMILES string of the molecule is CN1CCN(C(=O)CS(=O)CC2CNC2)CC1.